The lowest BCUT2D eigenvalue weighted by atomic mass is 9.81. The van der Waals surface area contributed by atoms with E-state index in [4.69, 9.17) is 14.2 Å². The Morgan fingerprint density at radius 1 is 0.870 bits per heavy atom. The van der Waals surface area contributed by atoms with Crippen LogP contribution in [0.4, 0.5) is 0 Å². The molecule has 2 aliphatic heterocycles. The molecule has 0 saturated carbocycles. The zero-order valence-electron chi connectivity index (χ0n) is 14.8. The molecule has 0 spiro atoms. The van der Waals surface area contributed by atoms with Crippen molar-refractivity contribution >= 4 is 0 Å². The van der Waals surface area contributed by atoms with Crippen LogP contribution in [-0.4, -0.2) is 64.8 Å². The Bertz CT molecular complexity index is 374. The summed E-state index contributed by atoms with van der Waals surface area (Å²) in [6.07, 6.45) is -2.71. The van der Waals surface area contributed by atoms with Gasteiger partial charge in [-0.15, -0.1) is 0 Å². The van der Waals surface area contributed by atoms with Crippen LogP contribution in [0.1, 0.15) is 41.0 Å². The molecule has 0 aromatic rings. The minimum Gasteiger partial charge on any atom is -0.394 e. The van der Waals surface area contributed by atoms with Crippen molar-refractivity contribution in [2.75, 3.05) is 6.61 Å². The summed E-state index contributed by atoms with van der Waals surface area (Å²) in [6, 6.07) is 0. The fourth-order valence-electron chi connectivity index (χ4n) is 3.62. The maximum atomic E-state index is 10.4. The van der Waals surface area contributed by atoms with Gasteiger partial charge in [0, 0.05) is 5.92 Å². The zero-order chi connectivity index (χ0) is 17.3. The molecule has 0 aromatic heterocycles. The van der Waals surface area contributed by atoms with Gasteiger partial charge < -0.3 is 29.5 Å². The van der Waals surface area contributed by atoms with Gasteiger partial charge in [0.15, 0.2) is 6.29 Å². The molecule has 0 radical (unpaired) electrons. The van der Waals surface area contributed by atoms with Crippen molar-refractivity contribution in [2.24, 2.45) is 17.8 Å². The third kappa shape index (κ3) is 3.72. The highest BCUT2D eigenvalue weighted by Crippen LogP contribution is 2.36. The second-order valence-corrected chi connectivity index (χ2v) is 7.17. The number of ether oxygens (including phenoxy) is 3. The van der Waals surface area contributed by atoms with E-state index in [1.807, 2.05) is 0 Å². The van der Waals surface area contributed by atoms with Gasteiger partial charge in [-0.1, -0.05) is 27.7 Å². The molecule has 136 valence electrons. The first-order valence-electron chi connectivity index (χ1n) is 8.75. The first-order chi connectivity index (χ1) is 10.8. The molecule has 0 aromatic carbocycles. The summed E-state index contributed by atoms with van der Waals surface area (Å²) in [5.41, 5.74) is 0. The standard InChI is InChI=1S/C17H32O6/c1-6-12-16(9(3)8(2)11(5)21-12)23-17-15(20)10(4)14(19)13(7-18)22-17/h8-20H,6-7H2,1-5H3/t8?,9?,10-,11-,12+,13?,14+,15?,16+,17+/m1/s1. The topological polar surface area (TPSA) is 88.4 Å². The van der Waals surface area contributed by atoms with Crippen LogP contribution in [0.5, 0.6) is 0 Å². The molecule has 0 amide bonds. The van der Waals surface area contributed by atoms with Crippen LogP contribution in [0.3, 0.4) is 0 Å². The monoisotopic (exact) mass is 332 g/mol. The molecule has 6 nitrogen and oxygen atoms in total. The van der Waals surface area contributed by atoms with E-state index in [0.717, 1.165) is 6.42 Å². The maximum absolute atomic E-state index is 10.4. The lowest BCUT2D eigenvalue weighted by Gasteiger charge is -2.47. The van der Waals surface area contributed by atoms with Crippen molar-refractivity contribution in [2.45, 2.75) is 84.0 Å². The van der Waals surface area contributed by atoms with E-state index >= 15 is 0 Å². The molecule has 2 rings (SSSR count). The van der Waals surface area contributed by atoms with Crippen LogP contribution >= 0.6 is 0 Å². The number of aliphatic hydroxyl groups excluding tert-OH is 3. The van der Waals surface area contributed by atoms with Gasteiger partial charge in [-0.3, -0.25) is 0 Å². The van der Waals surface area contributed by atoms with Gasteiger partial charge in [0.05, 0.1) is 31.0 Å². The average Bonchev–Trinajstić information content (AvgIpc) is 2.55. The van der Waals surface area contributed by atoms with E-state index in [0.29, 0.717) is 5.92 Å². The Kier molecular flexibility index (Phi) is 6.44. The number of hydrogen-bond acceptors (Lipinski definition) is 6. The Morgan fingerprint density at radius 3 is 2.09 bits per heavy atom. The van der Waals surface area contributed by atoms with E-state index in [2.05, 4.69) is 27.7 Å². The van der Waals surface area contributed by atoms with E-state index in [9.17, 15) is 15.3 Å². The van der Waals surface area contributed by atoms with Crippen molar-refractivity contribution in [3.63, 3.8) is 0 Å². The summed E-state index contributed by atoms with van der Waals surface area (Å²) in [7, 11) is 0. The van der Waals surface area contributed by atoms with Gasteiger partial charge >= 0.3 is 0 Å². The summed E-state index contributed by atoms with van der Waals surface area (Å²) in [5, 5.41) is 29.8. The molecule has 3 N–H and O–H groups in total. The van der Waals surface area contributed by atoms with Crippen LogP contribution in [0.25, 0.3) is 0 Å². The highest BCUT2D eigenvalue weighted by Gasteiger charge is 2.46. The third-order valence-corrected chi connectivity index (χ3v) is 5.76. The summed E-state index contributed by atoms with van der Waals surface area (Å²) in [4.78, 5) is 0. The molecule has 2 fully saturated rings. The summed E-state index contributed by atoms with van der Waals surface area (Å²) >= 11 is 0. The summed E-state index contributed by atoms with van der Waals surface area (Å²) < 4.78 is 17.8. The zero-order valence-corrected chi connectivity index (χ0v) is 14.8. The first-order valence-corrected chi connectivity index (χ1v) is 8.75. The predicted molar refractivity (Wildman–Crippen MR) is 84.8 cm³/mol. The van der Waals surface area contributed by atoms with E-state index < -0.39 is 30.5 Å². The fourth-order valence-corrected chi connectivity index (χ4v) is 3.62. The van der Waals surface area contributed by atoms with Gasteiger partial charge in [0.2, 0.25) is 0 Å². The maximum Gasteiger partial charge on any atom is 0.184 e. The van der Waals surface area contributed by atoms with Crippen molar-refractivity contribution in [1.82, 2.24) is 0 Å². The van der Waals surface area contributed by atoms with Crippen molar-refractivity contribution in [1.29, 1.82) is 0 Å². The molecule has 0 bridgehead atoms. The van der Waals surface area contributed by atoms with Gasteiger partial charge in [-0.2, -0.15) is 0 Å². The molecule has 2 aliphatic rings. The number of aliphatic hydroxyl groups is 3. The predicted octanol–water partition coefficient (Wildman–Crippen LogP) is 0.916. The Labute approximate surface area is 138 Å². The van der Waals surface area contributed by atoms with Crippen LogP contribution in [0.15, 0.2) is 0 Å². The van der Waals surface area contributed by atoms with Crippen LogP contribution < -0.4 is 0 Å². The van der Waals surface area contributed by atoms with Gasteiger partial charge in [0.25, 0.3) is 0 Å². The Morgan fingerprint density at radius 2 is 1.52 bits per heavy atom. The summed E-state index contributed by atoms with van der Waals surface area (Å²) in [5.74, 6) is 0.163. The molecule has 0 aliphatic carbocycles. The molecule has 10 atom stereocenters. The van der Waals surface area contributed by atoms with Gasteiger partial charge in [-0.25, -0.2) is 0 Å². The van der Waals surface area contributed by atoms with E-state index in [1.165, 1.54) is 0 Å². The molecule has 4 unspecified atom stereocenters. The highest BCUT2D eigenvalue weighted by molar-refractivity contribution is 4.91. The van der Waals surface area contributed by atoms with Crippen molar-refractivity contribution in [3.05, 3.63) is 0 Å². The largest absolute Gasteiger partial charge is 0.394 e. The smallest absolute Gasteiger partial charge is 0.184 e. The van der Waals surface area contributed by atoms with E-state index in [1.54, 1.807) is 6.92 Å². The quantitative estimate of drug-likeness (QED) is 0.709. The van der Waals surface area contributed by atoms with Crippen LogP contribution in [-0.2, 0) is 14.2 Å². The minimum atomic E-state index is -0.938. The molecular weight excluding hydrogens is 300 g/mol. The normalized spacial score (nSPS) is 51.7. The van der Waals surface area contributed by atoms with Gasteiger partial charge in [-0.05, 0) is 25.2 Å². The van der Waals surface area contributed by atoms with Crippen LogP contribution in [0.2, 0.25) is 0 Å². The first kappa shape index (κ1) is 19.1. The fraction of sp³-hybridized carbons (Fsp3) is 1.00. The lowest BCUT2D eigenvalue weighted by Crippen LogP contribution is -2.58. The van der Waals surface area contributed by atoms with E-state index in [-0.39, 0.29) is 30.8 Å². The number of hydrogen-bond donors (Lipinski definition) is 3. The minimum absolute atomic E-state index is 0.0540. The SMILES string of the molecule is CC[C@@H]1O[C@H](C)C(C)C(C)[C@@H]1O[C@@H]1OC(CO)[C@@H](O)[C@@H](C)C1O. The van der Waals surface area contributed by atoms with Crippen molar-refractivity contribution < 1.29 is 29.5 Å². The molecule has 2 saturated heterocycles. The third-order valence-electron chi connectivity index (χ3n) is 5.76. The average molecular weight is 332 g/mol. The Balaban J connectivity index is 2.11. The second kappa shape index (κ2) is 7.76. The van der Waals surface area contributed by atoms with Gasteiger partial charge in [0.1, 0.15) is 12.2 Å². The Hall–Kier alpha value is -0.240. The number of rotatable bonds is 4. The molecule has 23 heavy (non-hydrogen) atoms. The second-order valence-electron chi connectivity index (χ2n) is 7.17. The molecule has 6 heteroatoms. The highest BCUT2D eigenvalue weighted by atomic mass is 16.7. The lowest BCUT2D eigenvalue weighted by molar-refractivity contribution is -0.323. The molecular formula is C17H32O6. The summed E-state index contributed by atoms with van der Waals surface area (Å²) in [6.45, 7) is 9.83. The van der Waals surface area contributed by atoms with Crippen molar-refractivity contribution in [3.8, 4) is 0 Å². The van der Waals surface area contributed by atoms with Crippen LogP contribution in [0, 0.1) is 17.8 Å². The molecule has 2 heterocycles.